The van der Waals surface area contributed by atoms with Gasteiger partial charge in [-0.15, -0.1) is 0 Å². The Hall–Kier alpha value is -3.27. The van der Waals surface area contributed by atoms with Gasteiger partial charge in [-0.25, -0.2) is 4.68 Å². The van der Waals surface area contributed by atoms with Crippen LogP contribution in [0.15, 0.2) is 83.8 Å². The number of aromatic amines is 2. The maximum atomic E-state index is 12.2. The molecule has 0 radical (unpaired) electrons. The predicted molar refractivity (Wildman–Crippen MR) is 91.6 cm³/mol. The molecule has 0 saturated heterocycles. The number of para-hydroxylation sites is 1. The lowest BCUT2D eigenvalue weighted by atomic mass is 10.1. The highest BCUT2D eigenvalue weighted by Gasteiger charge is 2.09. The molecular formula is C19H15N3O. The van der Waals surface area contributed by atoms with Crippen molar-refractivity contribution in [3.8, 4) is 28.2 Å². The van der Waals surface area contributed by atoms with E-state index in [9.17, 15) is 4.79 Å². The van der Waals surface area contributed by atoms with Crippen LogP contribution in [-0.4, -0.2) is 14.8 Å². The van der Waals surface area contributed by atoms with E-state index in [4.69, 9.17) is 0 Å². The Balaban J connectivity index is 1.73. The number of aromatic nitrogens is 3. The van der Waals surface area contributed by atoms with Gasteiger partial charge in [0.2, 0.25) is 0 Å². The van der Waals surface area contributed by atoms with E-state index in [-0.39, 0.29) is 5.56 Å². The Morgan fingerprint density at radius 3 is 2.17 bits per heavy atom. The minimum atomic E-state index is -0.0753. The standard InChI is InChI=1S/C19H15N3O/c23-19-12-18(21-22(19)16-9-5-2-6-10-16)15-11-17(20-13-15)14-7-3-1-4-8-14/h1-13,20-21H. The molecule has 4 aromatic rings. The summed E-state index contributed by atoms with van der Waals surface area (Å²) in [6, 6.07) is 23.3. The first-order valence-electron chi connectivity index (χ1n) is 7.43. The Bertz CT molecular complexity index is 978. The largest absolute Gasteiger partial charge is 0.361 e. The van der Waals surface area contributed by atoms with Gasteiger partial charge in [-0.1, -0.05) is 48.5 Å². The molecule has 0 atom stereocenters. The molecule has 0 saturated carbocycles. The van der Waals surface area contributed by atoms with Crippen molar-refractivity contribution in [2.75, 3.05) is 0 Å². The van der Waals surface area contributed by atoms with Crippen LogP contribution in [0.3, 0.4) is 0 Å². The van der Waals surface area contributed by atoms with Gasteiger partial charge < -0.3 is 4.98 Å². The van der Waals surface area contributed by atoms with Crippen molar-refractivity contribution in [3.63, 3.8) is 0 Å². The van der Waals surface area contributed by atoms with Crippen LogP contribution in [0.4, 0.5) is 0 Å². The van der Waals surface area contributed by atoms with E-state index in [1.54, 1.807) is 10.7 Å². The lowest BCUT2D eigenvalue weighted by molar-refractivity contribution is 0.853. The van der Waals surface area contributed by atoms with Gasteiger partial charge in [-0.3, -0.25) is 9.89 Å². The number of hydrogen-bond acceptors (Lipinski definition) is 1. The molecule has 0 fully saturated rings. The SMILES string of the molecule is O=c1cc(-c2c[nH]c(-c3ccccc3)c2)[nH]n1-c1ccccc1. The Morgan fingerprint density at radius 1 is 0.739 bits per heavy atom. The molecule has 2 aromatic heterocycles. The van der Waals surface area contributed by atoms with Gasteiger partial charge in [-0.2, -0.15) is 0 Å². The maximum Gasteiger partial charge on any atom is 0.271 e. The second kappa shape index (κ2) is 5.50. The molecule has 0 aliphatic heterocycles. The molecule has 4 nitrogen and oxygen atoms in total. The Labute approximate surface area is 133 Å². The fourth-order valence-electron chi connectivity index (χ4n) is 2.65. The Kier molecular flexibility index (Phi) is 3.20. The average molecular weight is 301 g/mol. The van der Waals surface area contributed by atoms with E-state index in [2.05, 4.69) is 10.1 Å². The molecule has 2 heterocycles. The molecule has 0 bridgehead atoms. The molecule has 4 heteroatoms. The lowest BCUT2D eigenvalue weighted by Crippen LogP contribution is -2.12. The second-order valence-electron chi connectivity index (χ2n) is 5.35. The van der Waals surface area contributed by atoms with Gasteiger partial charge in [0.15, 0.2) is 0 Å². The highest BCUT2D eigenvalue weighted by molar-refractivity contribution is 5.69. The molecule has 112 valence electrons. The van der Waals surface area contributed by atoms with Crippen LogP contribution in [0.2, 0.25) is 0 Å². The number of benzene rings is 2. The van der Waals surface area contributed by atoms with Crippen LogP contribution in [0.1, 0.15) is 0 Å². The van der Waals surface area contributed by atoms with Gasteiger partial charge >= 0.3 is 0 Å². The molecule has 2 aromatic carbocycles. The van der Waals surface area contributed by atoms with Crippen molar-refractivity contribution in [1.82, 2.24) is 14.8 Å². The molecule has 2 N–H and O–H groups in total. The Morgan fingerprint density at radius 2 is 1.43 bits per heavy atom. The van der Waals surface area contributed by atoms with Crippen LogP contribution in [0.25, 0.3) is 28.2 Å². The predicted octanol–water partition coefficient (Wildman–Crippen LogP) is 3.83. The van der Waals surface area contributed by atoms with Crippen molar-refractivity contribution >= 4 is 0 Å². The molecular weight excluding hydrogens is 286 g/mol. The molecule has 0 spiro atoms. The fourth-order valence-corrected chi connectivity index (χ4v) is 2.65. The summed E-state index contributed by atoms with van der Waals surface area (Å²) in [4.78, 5) is 15.5. The van der Waals surface area contributed by atoms with Crippen molar-refractivity contribution in [2.24, 2.45) is 0 Å². The van der Waals surface area contributed by atoms with E-state index in [1.807, 2.05) is 72.9 Å². The summed E-state index contributed by atoms with van der Waals surface area (Å²) in [5.41, 5.74) is 4.63. The first kappa shape index (κ1) is 13.4. The average Bonchev–Trinajstić information content (AvgIpc) is 3.23. The monoisotopic (exact) mass is 301 g/mol. The van der Waals surface area contributed by atoms with Crippen molar-refractivity contribution in [3.05, 3.63) is 89.3 Å². The second-order valence-corrected chi connectivity index (χ2v) is 5.35. The normalized spacial score (nSPS) is 10.8. The van der Waals surface area contributed by atoms with Gasteiger partial charge in [0, 0.05) is 23.5 Å². The van der Waals surface area contributed by atoms with Gasteiger partial charge in [0.25, 0.3) is 5.56 Å². The molecule has 0 aliphatic rings. The van der Waals surface area contributed by atoms with Crippen molar-refractivity contribution in [1.29, 1.82) is 0 Å². The maximum absolute atomic E-state index is 12.2. The van der Waals surface area contributed by atoms with Crippen LogP contribution in [-0.2, 0) is 0 Å². The number of H-pyrrole nitrogens is 2. The van der Waals surface area contributed by atoms with Gasteiger partial charge in [0.1, 0.15) is 0 Å². The van der Waals surface area contributed by atoms with Crippen LogP contribution in [0, 0.1) is 0 Å². The fraction of sp³-hybridized carbons (Fsp3) is 0. The smallest absolute Gasteiger partial charge is 0.271 e. The van der Waals surface area contributed by atoms with Crippen molar-refractivity contribution in [2.45, 2.75) is 0 Å². The highest BCUT2D eigenvalue weighted by atomic mass is 16.1. The van der Waals surface area contributed by atoms with Crippen molar-refractivity contribution < 1.29 is 0 Å². The topological polar surface area (TPSA) is 53.6 Å². The zero-order valence-electron chi connectivity index (χ0n) is 12.4. The minimum Gasteiger partial charge on any atom is -0.361 e. The third kappa shape index (κ3) is 2.51. The summed E-state index contributed by atoms with van der Waals surface area (Å²) < 4.78 is 1.55. The molecule has 0 unspecified atom stereocenters. The third-order valence-electron chi connectivity index (χ3n) is 3.81. The molecule has 0 aliphatic carbocycles. The first-order valence-corrected chi connectivity index (χ1v) is 7.43. The van der Waals surface area contributed by atoms with E-state index >= 15 is 0 Å². The van der Waals surface area contributed by atoms with E-state index in [1.165, 1.54) is 0 Å². The summed E-state index contributed by atoms with van der Waals surface area (Å²) in [5.74, 6) is 0. The highest BCUT2D eigenvalue weighted by Crippen LogP contribution is 2.24. The van der Waals surface area contributed by atoms with Crippen LogP contribution >= 0.6 is 0 Å². The summed E-state index contributed by atoms with van der Waals surface area (Å²) >= 11 is 0. The zero-order chi connectivity index (χ0) is 15.6. The first-order chi connectivity index (χ1) is 11.3. The number of hydrogen-bond donors (Lipinski definition) is 2. The van der Waals surface area contributed by atoms with E-state index in [0.29, 0.717) is 0 Å². The third-order valence-corrected chi connectivity index (χ3v) is 3.81. The van der Waals surface area contributed by atoms with Gasteiger partial charge in [-0.05, 0) is 23.8 Å². The molecule has 23 heavy (non-hydrogen) atoms. The lowest BCUT2D eigenvalue weighted by Gasteiger charge is -2.00. The zero-order valence-corrected chi connectivity index (χ0v) is 12.4. The minimum absolute atomic E-state index is 0.0753. The number of nitrogens with zero attached hydrogens (tertiary/aromatic N) is 1. The van der Waals surface area contributed by atoms with E-state index < -0.39 is 0 Å². The molecule has 0 amide bonds. The molecule has 4 rings (SSSR count). The van der Waals surface area contributed by atoms with Crippen LogP contribution in [0.5, 0.6) is 0 Å². The number of nitrogens with one attached hydrogen (secondary N) is 2. The van der Waals surface area contributed by atoms with Crippen LogP contribution < -0.4 is 5.56 Å². The summed E-state index contributed by atoms with van der Waals surface area (Å²) in [7, 11) is 0. The summed E-state index contributed by atoms with van der Waals surface area (Å²) in [5, 5.41) is 3.16. The van der Waals surface area contributed by atoms with Gasteiger partial charge in [0.05, 0.1) is 11.4 Å². The quantitative estimate of drug-likeness (QED) is 0.593. The number of rotatable bonds is 3. The summed E-state index contributed by atoms with van der Waals surface area (Å²) in [6.45, 7) is 0. The van der Waals surface area contributed by atoms with E-state index in [0.717, 1.165) is 28.2 Å². The summed E-state index contributed by atoms with van der Waals surface area (Å²) in [6.07, 6.45) is 1.91.